The molecule has 0 spiro atoms. The fraction of sp³-hybridized carbons (Fsp3) is 0.385. The summed E-state index contributed by atoms with van der Waals surface area (Å²) in [5.74, 6) is -0.305. The highest BCUT2D eigenvalue weighted by molar-refractivity contribution is 5.90. The van der Waals surface area contributed by atoms with Gasteiger partial charge in [-0.15, -0.1) is 0 Å². The first-order chi connectivity index (χ1) is 9.54. The molecule has 7 heteroatoms. The van der Waals surface area contributed by atoms with Crippen molar-refractivity contribution >= 4 is 11.8 Å². The monoisotopic (exact) mass is 284 g/mol. The second-order valence-electron chi connectivity index (χ2n) is 4.40. The summed E-state index contributed by atoms with van der Waals surface area (Å²) in [7, 11) is 0. The fourth-order valence-electron chi connectivity index (χ4n) is 1.91. The van der Waals surface area contributed by atoms with Crippen molar-refractivity contribution in [2.45, 2.75) is 32.0 Å². The Morgan fingerprint density at radius 2 is 2.10 bits per heavy atom. The predicted octanol–water partition coefficient (Wildman–Crippen LogP) is 1.18. The minimum atomic E-state index is -2.86. The molecule has 2 N–H and O–H groups in total. The average Bonchev–Trinajstić information content (AvgIpc) is 2.84. The fourth-order valence-corrected chi connectivity index (χ4v) is 1.91. The zero-order chi connectivity index (χ0) is 14.5. The molecule has 1 aliphatic rings. The summed E-state index contributed by atoms with van der Waals surface area (Å²) >= 11 is 0. The Morgan fingerprint density at radius 1 is 1.40 bits per heavy atom. The van der Waals surface area contributed by atoms with E-state index < -0.39 is 12.7 Å². The second kappa shape index (κ2) is 6.31. The Kier molecular flexibility index (Phi) is 4.49. The zero-order valence-electron chi connectivity index (χ0n) is 10.6. The molecule has 1 aromatic rings. The summed E-state index contributed by atoms with van der Waals surface area (Å²) in [5.41, 5.74) is 0.754. The Morgan fingerprint density at radius 3 is 2.65 bits per heavy atom. The van der Waals surface area contributed by atoms with E-state index in [1.165, 1.54) is 12.1 Å². The van der Waals surface area contributed by atoms with E-state index in [0.717, 1.165) is 5.56 Å². The van der Waals surface area contributed by atoms with Gasteiger partial charge in [-0.3, -0.25) is 9.59 Å². The van der Waals surface area contributed by atoms with E-state index in [0.29, 0.717) is 12.8 Å². The minimum Gasteiger partial charge on any atom is -0.435 e. The summed E-state index contributed by atoms with van der Waals surface area (Å²) in [5, 5.41) is 5.25. The van der Waals surface area contributed by atoms with Crippen molar-refractivity contribution in [1.29, 1.82) is 0 Å². The summed E-state index contributed by atoms with van der Waals surface area (Å²) < 4.78 is 28.2. The van der Waals surface area contributed by atoms with Crippen molar-refractivity contribution in [3.05, 3.63) is 29.8 Å². The molecule has 1 saturated heterocycles. The van der Waals surface area contributed by atoms with Crippen LogP contribution in [0.15, 0.2) is 24.3 Å². The van der Waals surface area contributed by atoms with Gasteiger partial charge >= 0.3 is 6.61 Å². The zero-order valence-corrected chi connectivity index (χ0v) is 10.6. The molecule has 0 aromatic heterocycles. The van der Waals surface area contributed by atoms with Gasteiger partial charge in [0.05, 0.1) is 0 Å². The number of ether oxygens (including phenoxy) is 1. The lowest BCUT2D eigenvalue weighted by molar-refractivity contribution is -0.125. The summed E-state index contributed by atoms with van der Waals surface area (Å²) in [4.78, 5) is 22.7. The van der Waals surface area contributed by atoms with Gasteiger partial charge in [0.25, 0.3) is 0 Å². The topological polar surface area (TPSA) is 67.4 Å². The molecule has 20 heavy (non-hydrogen) atoms. The summed E-state index contributed by atoms with van der Waals surface area (Å²) in [6.07, 6.45) is 0.851. The number of hydrogen-bond donors (Lipinski definition) is 2. The van der Waals surface area contributed by atoms with Crippen molar-refractivity contribution in [3.8, 4) is 5.75 Å². The van der Waals surface area contributed by atoms with E-state index in [1.807, 2.05) is 0 Å². The summed E-state index contributed by atoms with van der Waals surface area (Å²) in [6.45, 7) is -2.59. The maximum atomic E-state index is 12.0. The van der Waals surface area contributed by atoms with Gasteiger partial charge in [-0.1, -0.05) is 12.1 Å². The van der Waals surface area contributed by atoms with Gasteiger partial charge in [-0.05, 0) is 24.1 Å². The number of carbonyl (C=O) groups is 2. The predicted molar refractivity (Wildman–Crippen MR) is 66.1 cm³/mol. The van der Waals surface area contributed by atoms with E-state index in [4.69, 9.17) is 0 Å². The molecule has 1 aromatic carbocycles. The number of benzene rings is 1. The summed E-state index contributed by atoms with van der Waals surface area (Å²) in [6, 6.07) is 5.51. The molecule has 0 radical (unpaired) electrons. The van der Waals surface area contributed by atoms with Crippen LogP contribution in [0.25, 0.3) is 0 Å². The molecule has 2 amide bonds. The first-order valence-corrected chi connectivity index (χ1v) is 6.15. The van der Waals surface area contributed by atoms with Crippen LogP contribution < -0.4 is 15.4 Å². The van der Waals surface area contributed by atoms with Gasteiger partial charge in [0.15, 0.2) is 0 Å². The van der Waals surface area contributed by atoms with Crippen LogP contribution in [-0.4, -0.2) is 24.5 Å². The molecule has 108 valence electrons. The van der Waals surface area contributed by atoms with Crippen molar-refractivity contribution in [2.75, 3.05) is 0 Å². The first kappa shape index (κ1) is 14.2. The van der Waals surface area contributed by atoms with Crippen molar-refractivity contribution < 1.29 is 23.1 Å². The van der Waals surface area contributed by atoms with Gasteiger partial charge in [-0.25, -0.2) is 0 Å². The highest BCUT2D eigenvalue weighted by Gasteiger charge is 2.26. The average molecular weight is 284 g/mol. The van der Waals surface area contributed by atoms with Gasteiger partial charge in [0.1, 0.15) is 11.8 Å². The second-order valence-corrected chi connectivity index (χ2v) is 4.40. The molecule has 0 saturated carbocycles. The highest BCUT2D eigenvalue weighted by Crippen LogP contribution is 2.15. The number of halogens is 2. The molecule has 1 fully saturated rings. The van der Waals surface area contributed by atoms with Crippen molar-refractivity contribution in [2.24, 2.45) is 0 Å². The SMILES string of the molecule is O=C1CC[C@@H](C(=O)NCc2ccc(OC(F)F)cc2)N1. The molecule has 0 bridgehead atoms. The molecule has 2 rings (SSSR count). The Labute approximate surface area is 114 Å². The van der Waals surface area contributed by atoms with Crippen LogP contribution in [0.5, 0.6) is 5.75 Å². The molecular weight excluding hydrogens is 270 g/mol. The molecule has 1 heterocycles. The largest absolute Gasteiger partial charge is 0.435 e. The molecular formula is C13H14F2N2O3. The highest BCUT2D eigenvalue weighted by atomic mass is 19.3. The number of carbonyl (C=O) groups excluding carboxylic acids is 2. The maximum Gasteiger partial charge on any atom is 0.387 e. The van der Waals surface area contributed by atoms with E-state index in [-0.39, 0.29) is 24.1 Å². The van der Waals surface area contributed by atoms with Crippen LogP contribution in [0.4, 0.5) is 8.78 Å². The van der Waals surface area contributed by atoms with Crippen LogP contribution >= 0.6 is 0 Å². The van der Waals surface area contributed by atoms with Crippen LogP contribution in [0.2, 0.25) is 0 Å². The number of rotatable bonds is 5. The third-order valence-corrected chi connectivity index (χ3v) is 2.93. The first-order valence-electron chi connectivity index (χ1n) is 6.15. The third kappa shape index (κ3) is 3.91. The van der Waals surface area contributed by atoms with E-state index in [1.54, 1.807) is 12.1 Å². The number of hydrogen-bond acceptors (Lipinski definition) is 3. The molecule has 0 unspecified atom stereocenters. The number of amides is 2. The molecule has 0 aliphatic carbocycles. The lowest BCUT2D eigenvalue weighted by Crippen LogP contribution is -2.41. The third-order valence-electron chi connectivity index (χ3n) is 2.93. The van der Waals surface area contributed by atoms with Gasteiger partial charge in [0, 0.05) is 13.0 Å². The lowest BCUT2D eigenvalue weighted by atomic mass is 10.2. The maximum absolute atomic E-state index is 12.0. The molecule has 1 aliphatic heterocycles. The van der Waals surface area contributed by atoms with Crippen LogP contribution in [0.3, 0.4) is 0 Å². The number of nitrogens with one attached hydrogen (secondary N) is 2. The smallest absolute Gasteiger partial charge is 0.387 e. The molecule has 1 atom stereocenters. The van der Waals surface area contributed by atoms with E-state index in [9.17, 15) is 18.4 Å². The van der Waals surface area contributed by atoms with E-state index >= 15 is 0 Å². The van der Waals surface area contributed by atoms with Crippen LogP contribution in [-0.2, 0) is 16.1 Å². The van der Waals surface area contributed by atoms with Crippen LogP contribution in [0, 0.1) is 0 Å². The Bertz CT molecular complexity index is 491. The van der Waals surface area contributed by atoms with E-state index in [2.05, 4.69) is 15.4 Å². The minimum absolute atomic E-state index is 0.0677. The van der Waals surface area contributed by atoms with Crippen LogP contribution in [0.1, 0.15) is 18.4 Å². The normalized spacial score (nSPS) is 17.9. The van der Waals surface area contributed by atoms with Gasteiger partial charge in [-0.2, -0.15) is 8.78 Å². The molecule has 5 nitrogen and oxygen atoms in total. The van der Waals surface area contributed by atoms with Gasteiger partial charge in [0.2, 0.25) is 11.8 Å². The standard InChI is InChI=1S/C13H14F2N2O3/c14-13(15)20-9-3-1-8(2-4-9)7-16-12(19)10-5-6-11(18)17-10/h1-4,10,13H,5-7H2,(H,16,19)(H,17,18)/t10-/m0/s1. The van der Waals surface area contributed by atoms with Crippen molar-refractivity contribution in [1.82, 2.24) is 10.6 Å². The Balaban J connectivity index is 1.81. The van der Waals surface area contributed by atoms with Gasteiger partial charge < -0.3 is 15.4 Å². The van der Waals surface area contributed by atoms with Crippen molar-refractivity contribution in [3.63, 3.8) is 0 Å². The Hall–Kier alpha value is -2.18. The quantitative estimate of drug-likeness (QED) is 0.853. The number of alkyl halides is 2. The lowest BCUT2D eigenvalue weighted by Gasteiger charge is -2.11.